The third kappa shape index (κ3) is 4.00. The zero-order chi connectivity index (χ0) is 22.1. The van der Waals surface area contributed by atoms with Gasteiger partial charge < -0.3 is 21.7 Å². The lowest BCUT2D eigenvalue weighted by atomic mass is 10.1. The molecule has 1 aliphatic rings. The predicted octanol–water partition coefficient (Wildman–Crippen LogP) is 3.52. The summed E-state index contributed by atoms with van der Waals surface area (Å²) in [6.45, 7) is 1.63. The molecule has 1 amide bonds. The summed E-state index contributed by atoms with van der Waals surface area (Å²) in [4.78, 5) is 28.4. The predicted molar refractivity (Wildman–Crippen MR) is 129 cm³/mol. The van der Waals surface area contributed by atoms with Gasteiger partial charge in [-0.3, -0.25) is 14.8 Å². The van der Waals surface area contributed by atoms with Crippen LogP contribution in [0.15, 0.2) is 55.0 Å². The minimum absolute atomic E-state index is 0.119. The van der Waals surface area contributed by atoms with Crippen LogP contribution in [-0.2, 0) is 0 Å². The number of carbonyl (C=O) groups excluding carboxylic acids is 1. The number of rotatable bonds is 4. The van der Waals surface area contributed by atoms with E-state index in [2.05, 4.69) is 25.2 Å². The second-order valence-electron chi connectivity index (χ2n) is 7.84. The van der Waals surface area contributed by atoms with Crippen molar-refractivity contribution in [3.8, 4) is 10.6 Å². The molecule has 32 heavy (non-hydrogen) atoms. The zero-order valence-corrected chi connectivity index (χ0v) is 18.2. The fraction of sp³-hybridized carbons (Fsp3) is 0.217. The Kier molecular flexibility index (Phi) is 5.42. The second-order valence-corrected chi connectivity index (χ2v) is 8.87. The summed E-state index contributed by atoms with van der Waals surface area (Å²) in [6, 6.07) is 11.8. The quantitative estimate of drug-likeness (QED) is 0.439. The molecular weight excluding hydrogens is 422 g/mol. The summed E-state index contributed by atoms with van der Waals surface area (Å²) in [5.74, 6) is -0.362. The molecule has 0 aliphatic carbocycles. The normalized spacial score (nSPS) is 16.3. The number of piperidine rings is 1. The Morgan fingerprint density at radius 2 is 2.12 bits per heavy atom. The average molecular weight is 446 g/mol. The van der Waals surface area contributed by atoms with E-state index in [1.54, 1.807) is 18.6 Å². The van der Waals surface area contributed by atoms with E-state index < -0.39 is 0 Å². The molecule has 8 nitrogen and oxygen atoms in total. The number of fused-ring (bicyclic) bond motifs is 1. The molecule has 1 aliphatic heterocycles. The van der Waals surface area contributed by atoms with Crippen molar-refractivity contribution in [1.29, 1.82) is 0 Å². The third-order valence-corrected chi connectivity index (χ3v) is 6.50. The van der Waals surface area contributed by atoms with Crippen molar-refractivity contribution in [3.63, 3.8) is 0 Å². The van der Waals surface area contributed by atoms with Gasteiger partial charge in [0.2, 0.25) is 0 Å². The molecule has 1 atom stereocenters. The summed E-state index contributed by atoms with van der Waals surface area (Å²) in [6.07, 6.45) is 7.13. The highest BCUT2D eigenvalue weighted by atomic mass is 32.1. The van der Waals surface area contributed by atoms with Gasteiger partial charge in [0.1, 0.15) is 10.0 Å². The van der Waals surface area contributed by atoms with Crippen LogP contribution in [0.5, 0.6) is 0 Å². The van der Waals surface area contributed by atoms with Crippen molar-refractivity contribution in [1.82, 2.24) is 15.0 Å². The molecule has 0 spiro atoms. The Balaban J connectivity index is 1.41. The maximum absolute atomic E-state index is 13.1. The van der Waals surface area contributed by atoms with Crippen molar-refractivity contribution in [2.24, 2.45) is 5.73 Å². The fourth-order valence-corrected chi connectivity index (χ4v) is 4.81. The van der Waals surface area contributed by atoms with Crippen molar-refractivity contribution in [2.75, 3.05) is 29.0 Å². The van der Waals surface area contributed by atoms with Gasteiger partial charge in [-0.05, 0) is 31.0 Å². The lowest BCUT2D eigenvalue weighted by Crippen LogP contribution is -2.43. The molecule has 0 radical (unpaired) electrons. The molecule has 0 bridgehead atoms. The summed E-state index contributed by atoms with van der Waals surface area (Å²) in [5, 5.41) is 5.02. The maximum Gasteiger partial charge on any atom is 0.277 e. The minimum atomic E-state index is -0.362. The molecule has 1 fully saturated rings. The lowest BCUT2D eigenvalue weighted by Gasteiger charge is -2.33. The van der Waals surface area contributed by atoms with E-state index in [4.69, 9.17) is 11.5 Å². The first-order chi connectivity index (χ1) is 15.6. The van der Waals surface area contributed by atoms with E-state index >= 15 is 0 Å². The highest BCUT2D eigenvalue weighted by Crippen LogP contribution is 2.33. The van der Waals surface area contributed by atoms with Gasteiger partial charge >= 0.3 is 0 Å². The van der Waals surface area contributed by atoms with E-state index in [-0.39, 0.29) is 17.6 Å². The van der Waals surface area contributed by atoms with Crippen molar-refractivity contribution in [2.45, 2.75) is 18.9 Å². The molecule has 5 N–H and O–H groups in total. The van der Waals surface area contributed by atoms with Crippen LogP contribution in [0.4, 0.5) is 16.4 Å². The summed E-state index contributed by atoms with van der Waals surface area (Å²) in [5.41, 5.74) is 15.8. The van der Waals surface area contributed by atoms with E-state index in [0.717, 1.165) is 48.1 Å². The number of hydrogen-bond donors (Lipinski definition) is 3. The van der Waals surface area contributed by atoms with Gasteiger partial charge in [-0.1, -0.05) is 29.5 Å². The van der Waals surface area contributed by atoms with E-state index in [1.807, 2.05) is 36.4 Å². The number of nitrogen functional groups attached to an aromatic ring is 1. The van der Waals surface area contributed by atoms with E-state index in [1.165, 1.54) is 11.3 Å². The number of carbonyl (C=O) groups is 1. The van der Waals surface area contributed by atoms with Crippen LogP contribution in [0.25, 0.3) is 21.5 Å². The highest BCUT2D eigenvalue weighted by Gasteiger charge is 2.22. The monoisotopic (exact) mass is 445 g/mol. The zero-order valence-electron chi connectivity index (χ0n) is 17.4. The molecule has 4 aromatic rings. The first kappa shape index (κ1) is 20.3. The topological polar surface area (TPSA) is 123 Å². The van der Waals surface area contributed by atoms with Crippen LogP contribution < -0.4 is 21.7 Å². The molecule has 3 aromatic heterocycles. The van der Waals surface area contributed by atoms with Crippen LogP contribution in [0.1, 0.15) is 23.3 Å². The van der Waals surface area contributed by atoms with Gasteiger partial charge in [0.25, 0.3) is 5.91 Å². The third-order valence-electron chi connectivity index (χ3n) is 5.57. The Hall–Kier alpha value is -3.56. The van der Waals surface area contributed by atoms with Crippen molar-refractivity contribution < 1.29 is 4.79 Å². The molecule has 1 saturated heterocycles. The Bertz CT molecular complexity index is 1290. The Morgan fingerprint density at radius 1 is 1.22 bits per heavy atom. The van der Waals surface area contributed by atoms with Crippen LogP contribution in [0.3, 0.4) is 0 Å². The van der Waals surface area contributed by atoms with Crippen LogP contribution in [-0.4, -0.2) is 40.0 Å². The summed E-state index contributed by atoms with van der Waals surface area (Å²) in [7, 11) is 0. The fourth-order valence-electron chi connectivity index (χ4n) is 3.99. The Morgan fingerprint density at radius 3 is 3.00 bits per heavy atom. The summed E-state index contributed by atoms with van der Waals surface area (Å²) < 4.78 is 0. The number of pyridine rings is 2. The van der Waals surface area contributed by atoms with Gasteiger partial charge in [-0.2, -0.15) is 0 Å². The number of anilines is 3. The van der Waals surface area contributed by atoms with Crippen molar-refractivity contribution in [3.05, 3.63) is 60.7 Å². The second kappa shape index (κ2) is 8.52. The Labute approximate surface area is 189 Å². The number of benzene rings is 1. The molecular formula is C23H23N7OS. The summed E-state index contributed by atoms with van der Waals surface area (Å²) >= 11 is 1.28. The number of aromatic nitrogens is 3. The van der Waals surface area contributed by atoms with E-state index in [0.29, 0.717) is 15.7 Å². The molecule has 4 heterocycles. The molecule has 1 aromatic carbocycles. The van der Waals surface area contributed by atoms with Gasteiger partial charge in [0.05, 0.1) is 23.1 Å². The van der Waals surface area contributed by atoms with Gasteiger partial charge in [0.15, 0.2) is 5.69 Å². The standard InChI is InChI=1S/C23H23N7OS/c24-16-4-2-10-30(13-16)19-7-9-26-12-18(19)28-22(31)20-21(25)32-23(29-20)15-6-5-14-3-1-8-27-17(14)11-15/h1,3,5-9,11-12,16H,2,4,10,13,24-25H2,(H,28,31). The number of nitrogens with zero attached hydrogens (tertiary/aromatic N) is 4. The maximum atomic E-state index is 13.1. The SMILES string of the molecule is Nc1sc(-c2ccc3cccnc3c2)nc1C(=O)Nc1cnccc1N1CCCC(N)C1. The van der Waals surface area contributed by atoms with E-state index in [9.17, 15) is 4.79 Å². The van der Waals surface area contributed by atoms with Gasteiger partial charge in [-0.25, -0.2) is 4.98 Å². The largest absolute Gasteiger partial charge is 0.389 e. The van der Waals surface area contributed by atoms with Crippen molar-refractivity contribution >= 4 is 44.5 Å². The number of nitrogens with two attached hydrogens (primary N) is 2. The molecule has 9 heteroatoms. The minimum Gasteiger partial charge on any atom is -0.389 e. The van der Waals surface area contributed by atoms with Gasteiger partial charge in [0, 0.05) is 42.5 Å². The molecule has 162 valence electrons. The number of thiazole rings is 1. The van der Waals surface area contributed by atoms with Crippen LogP contribution in [0, 0.1) is 0 Å². The molecule has 1 unspecified atom stereocenters. The number of hydrogen-bond acceptors (Lipinski definition) is 8. The number of nitrogens with one attached hydrogen (secondary N) is 1. The van der Waals surface area contributed by atoms with Crippen LogP contribution in [0.2, 0.25) is 0 Å². The van der Waals surface area contributed by atoms with Crippen LogP contribution >= 0.6 is 11.3 Å². The first-order valence-electron chi connectivity index (χ1n) is 10.5. The smallest absolute Gasteiger partial charge is 0.277 e. The van der Waals surface area contributed by atoms with Gasteiger partial charge in [-0.15, -0.1) is 0 Å². The molecule has 0 saturated carbocycles. The molecule has 5 rings (SSSR count). The highest BCUT2D eigenvalue weighted by molar-refractivity contribution is 7.19. The first-order valence-corrected chi connectivity index (χ1v) is 11.3. The number of amides is 1. The average Bonchev–Trinajstić information content (AvgIpc) is 3.21. The lowest BCUT2D eigenvalue weighted by molar-refractivity contribution is 0.102.